The smallest absolute Gasteiger partial charge is 0.237 e. The molecular formula is C107H206N6O4. The van der Waals surface area contributed by atoms with Gasteiger partial charge in [0.1, 0.15) is 0 Å². The van der Waals surface area contributed by atoms with Crippen molar-refractivity contribution in [2.45, 2.75) is 569 Å². The zero-order valence-electron chi connectivity index (χ0n) is 80.4. The van der Waals surface area contributed by atoms with E-state index in [0.717, 1.165) is 51.6 Å². The molecule has 0 aromatic carbocycles. The molecule has 1 rings (SSSR count). The van der Waals surface area contributed by atoms with Crippen molar-refractivity contribution < 1.29 is 18.9 Å². The van der Waals surface area contributed by atoms with Crippen LogP contribution in [0.1, 0.15) is 569 Å². The average molecular weight is 1640 g/mol. The second kappa shape index (κ2) is 94.8. The lowest BCUT2D eigenvalue weighted by atomic mass is 10.0. The number of rotatable bonds is 99. The molecule has 0 amide bonds. The van der Waals surface area contributed by atoms with E-state index in [-0.39, 0.29) is 26.9 Å². The van der Waals surface area contributed by atoms with E-state index < -0.39 is 0 Å². The van der Waals surface area contributed by atoms with Crippen molar-refractivity contribution in [1.29, 1.82) is 0 Å². The van der Waals surface area contributed by atoms with E-state index in [1.807, 2.05) is 34.8 Å². The summed E-state index contributed by atoms with van der Waals surface area (Å²) in [6.45, 7) is 21.1. The molecule has 0 saturated carbocycles. The van der Waals surface area contributed by atoms with Crippen LogP contribution < -0.4 is 14.7 Å². The fourth-order valence-electron chi connectivity index (χ4n) is 16.5. The molecule has 0 aliphatic heterocycles. The molecule has 2 atom stereocenters. The van der Waals surface area contributed by atoms with Crippen molar-refractivity contribution in [3.63, 3.8) is 0 Å². The minimum Gasteiger partial charge on any atom is -0.481 e. The van der Waals surface area contributed by atoms with Crippen molar-refractivity contribution >= 4 is 17.8 Å². The van der Waals surface area contributed by atoms with Crippen molar-refractivity contribution in [3.8, 4) is 0 Å². The quantitative estimate of drug-likeness (QED) is 0.0357. The summed E-state index contributed by atoms with van der Waals surface area (Å²) < 4.78 is 25.9. The molecule has 1 aromatic heterocycles. The molecule has 0 spiro atoms. The lowest BCUT2D eigenvalue weighted by molar-refractivity contribution is 0.180. The van der Waals surface area contributed by atoms with Crippen LogP contribution in [-0.2, 0) is 18.9 Å². The normalized spacial score (nSPS) is 12.4. The summed E-state index contributed by atoms with van der Waals surface area (Å²) in [4.78, 5) is 22.4. The predicted octanol–water partition coefficient (Wildman–Crippen LogP) is 36.8. The molecule has 0 saturated heterocycles. The molecule has 1 heterocycles. The van der Waals surface area contributed by atoms with Crippen LogP contribution in [-0.4, -0.2) is 55.0 Å². The van der Waals surface area contributed by atoms with Crippen molar-refractivity contribution in [1.82, 2.24) is 15.0 Å². The van der Waals surface area contributed by atoms with Gasteiger partial charge in [-0.3, -0.25) is 9.80 Å². The van der Waals surface area contributed by atoms with Crippen molar-refractivity contribution in [3.05, 3.63) is 49.4 Å². The van der Waals surface area contributed by atoms with Crippen LogP contribution in [0.2, 0.25) is 0 Å². The molecule has 0 fully saturated rings. The van der Waals surface area contributed by atoms with Gasteiger partial charge in [-0.25, -0.2) is 0 Å². The number of aromatic nitrogens is 3. The predicted molar refractivity (Wildman–Crippen MR) is 519 cm³/mol. The van der Waals surface area contributed by atoms with Crippen molar-refractivity contribution in [2.24, 2.45) is 11.8 Å². The molecule has 10 heteroatoms. The molecule has 2 unspecified atom stereocenters. The van der Waals surface area contributed by atoms with E-state index in [9.17, 15) is 0 Å². The highest BCUT2D eigenvalue weighted by Gasteiger charge is 2.22. The van der Waals surface area contributed by atoms with E-state index in [4.69, 9.17) is 33.9 Å². The Hall–Kier alpha value is -3.43. The standard InChI is InChI=1S/C107H206N6O4/c1-9-15-21-25-29-33-37-41-45-49-51-53-55-59-63-67-71-75-79-83-87-95-114-99-112(100-115-96-88-84-80-76-72-68-64-60-56-54-52-50-46-42-38-34-30-26-22-16-10-2)106-108-105(111(93-19-13-5)94-20-14-6)109-107(110-106)113(101-116-97-91-103(7)89-85-81-77-73-69-65-61-57-47-43-39-35-31-27-23-17-11-3)102-117-98-92-104(8)90-86-82-78-74-70-66-62-58-48-44-40-36-32-28-24-18-12-4/h87-88,91-92,95-98,103-104H,9-86,89-90,93-94,99-102H2,1-8H3. The van der Waals surface area contributed by atoms with Crippen LogP contribution in [0.4, 0.5) is 17.8 Å². The maximum Gasteiger partial charge on any atom is 0.237 e. The van der Waals surface area contributed by atoms with Gasteiger partial charge in [-0.15, -0.1) is 0 Å². The van der Waals surface area contributed by atoms with Gasteiger partial charge in [0.2, 0.25) is 17.8 Å². The fraction of sp³-hybridized carbons (Fsp3) is 0.897. The molecule has 0 radical (unpaired) electrons. The highest BCUT2D eigenvalue weighted by atomic mass is 16.5. The van der Waals surface area contributed by atoms with E-state index in [2.05, 4.69) is 84.6 Å². The summed E-state index contributed by atoms with van der Waals surface area (Å²) in [7, 11) is 0. The summed E-state index contributed by atoms with van der Waals surface area (Å²) in [6, 6.07) is 0. The van der Waals surface area contributed by atoms with Gasteiger partial charge in [0.05, 0.1) is 25.0 Å². The van der Waals surface area contributed by atoms with Gasteiger partial charge in [0.15, 0.2) is 26.9 Å². The van der Waals surface area contributed by atoms with E-state index in [1.165, 1.54) is 475 Å². The molecule has 1 aromatic rings. The molecule has 0 bridgehead atoms. The first-order valence-corrected chi connectivity index (χ1v) is 53.0. The summed E-state index contributed by atoms with van der Waals surface area (Å²) in [5.41, 5.74) is 0. The van der Waals surface area contributed by atoms with Crippen LogP contribution in [0.3, 0.4) is 0 Å². The molecule has 0 N–H and O–H groups in total. The van der Waals surface area contributed by atoms with Crippen LogP contribution in [0.5, 0.6) is 0 Å². The first-order chi connectivity index (χ1) is 57.9. The Kier molecular flexibility index (Phi) is 90.4. The number of hydrogen-bond acceptors (Lipinski definition) is 10. The molecule has 688 valence electrons. The van der Waals surface area contributed by atoms with E-state index in [0.29, 0.717) is 29.7 Å². The molecule has 0 aliphatic carbocycles. The summed E-state index contributed by atoms with van der Waals surface area (Å²) in [5, 5.41) is 0. The summed E-state index contributed by atoms with van der Waals surface area (Å²) in [5.74, 6) is 2.56. The van der Waals surface area contributed by atoms with Gasteiger partial charge < -0.3 is 23.8 Å². The maximum absolute atomic E-state index is 6.52. The number of anilines is 3. The van der Waals surface area contributed by atoms with E-state index in [1.54, 1.807) is 0 Å². The Bertz CT molecular complexity index is 2070. The van der Waals surface area contributed by atoms with Crippen LogP contribution in [0.15, 0.2) is 49.4 Å². The van der Waals surface area contributed by atoms with Crippen LogP contribution >= 0.6 is 0 Å². The number of ether oxygens (including phenoxy) is 4. The van der Waals surface area contributed by atoms with Crippen molar-refractivity contribution in [2.75, 3.05) is 54.7 Å². The number of hydrogen-bond donors (Lipinski definition) is 0. The highest BCUT2D eigenvalue weighted by Crippen LogP contribution is 2.26. The van der Waals surface area contributed by atoms with Gasteiger partial charge in [-0.2, -0.15) is 15.0 Å². The Balaban J connectivity index is 3.21. The Morgan fingerprint density at radius 1 is 0.205 bits per heavy atom. The second-order valence-electron chi connectivity index (χ2n) is 36.7. The maximum atomic E-state index is 6.52. The zero-order valence-corrected chi connectivity index (χ0v) is 80.4. The zero-order chi connectivity index (χ0) is 84.0. The monoisotopic (exact) mass is 1640 g/mol. The molecule has 0 aliphatic rings. The lowest BCUT2D eigenvalue weighted by Gasteiger charge is -2.28. The van der Waals surface area contributed by atoms with Crippen LogP contribution in [0.25, 0.3) is 0 Å². The third kappa shape index (κ3) is 80.7. The van der Waals surface area contributed by atoms with Gasteiger partial charge in [-0.1, -0.05) is 518 Å². The first kappa shape index (κ1) is 112. The van der Waals surface area contributed by atoms with Gasteiger partial charge in [0, 0.05) is 13.1 Å². The summed E-state index contributed by atoms with van der Waals surface area (Å²) in [6.07, 6.45) is 126. The minimum atomic E-state index is 0.231. The second-order valence-corrected chi connectivity index (χ2v) is 36.7. The number of allylic oxidation sites excluding steroid dienone is 4. The SMILES string of the molecule is CCCCCCCCCCCCCCCCCCCCCC=COCN(COC=CCCCCCCCCCCCCCCCCCCCCC)c1nc(N(CCCC)CCCC)nc(N(COC=CC(C)CCCCCCCCCCCCCCCCCCC)COC=CC(C)CCCCCCCCCCCCCCCCCCC)n1. The fourth-order valence-corrected chi connectivity index (χ4v) is 16.5. The third-order valence-electron chi connectivity index (χ3n) is 24.8. The molecule has 117 heavy (non-hydrogen) atoms. The highest BCUT2D eigenvalue weighted by molar-refractivity contribution is 5.46. The Morgan fingerprint density at radius 2 is 0.376 bits per heavy atom. The summed E-state index contributed by atoms with van der Waals surface area (Å²) >= 11 is 0. The molecule has 10 nitrogen and oxygen atoms in total. The van der Waals surface area contributed by atoms with Gasteiger partial charge in [0.25, 0.3) is 0 Å². The number of unbranched alkanes of at least 4 members (excludes halogenated alkanes) is 72. The topological polar surface area (TPSA) is 85.3 Å². The van der Waals surface area contributed by atoms with Gasteiger partial charge >= 0.3 is 0 Å². The first-order valence-electron chi connectivity index (χ1n) is 53.0. The number of nitrogens with zero attached hydrogens (tertiary/aromatic N) is 6. The molecular weight excluding hydrogens is 1430 g/mol. The van der Waals surface area contributed by atoms with Gasteiger partial charge in [-0.05, 0) is 87.5 Å². The minimum absolute atomic E-state index is 0.231. The van der Waals surface area contributed by atoms with Crippen LogP contribution in [0, 0.1) is 11.8 Å². The Morgan fingerprint density at radius 3 is 0.581 bits per heavy atom. The van der Waals surface area contributed by atoms with E-state index >= 15 is 0 Å². The lowest BCUT2D eigenvalue weighted by Crippen LogP contribution is -2.35. The Labute approximate surface area is 732 Å². The third-order valence-corrected chi connectivity index (χ3v) is 24.8. The average Bonchev–Trinajstić information content (AvgIpc) is 0.814. The largest absolute Gasteiger partial charge is 0.481 e.